The molecule has 11 aromatic rings. The van der Waals surface area contributed by atoms with Crippen molar-refractivity contribution in [1.82, 2.24) is 4.57 Å². The highest BCUT2D eigenvalue weighted by atomic mass is 15.1. The maximum absolute atomic E-state index is 5.60. The molecule has 1 aromatic heterocycles. The van der Waals surface area contributed by atoms with Crippen LogP contribution in [-0.4, -0.2) is 10.3 Å². The van der Waals surface area contributed by atoms with Crippen molar-refractivity contribution in [3.8, 4) is 27.9 Å². The standard InChI is InChI=1S/C62H43N3/c1-6-18-44(19-7-1)46-30-34-51(35-31-46)64(52-36-32-47(33-37-52)45-20-8-2-9-21-45)53-38-40-54(41-39-53)65-59-29-17-16-28-55(59)56-42-58-57(43-60(56)65)62(49-24-12-4-13-25-49,50-26-14-5-15-27-50)61(63-58)48-22-10-3-11-23-48/h1-43H. The van der Waals surface area contributed by atoms with Gasteiger partial charge in [0.05, 0.1) is 27.8 Å². The first-order chi connectivity index (χ1) is 32.2. The monoisotopic (exact) mass is 829 g/mol. The molecule has 0 saturated heterocycles. The van der Waals surface area contributed by atoms with Crippen LogP contribution in [-0.2, 0) is 5.41 Å². The number of anilines is 3. The fourth-order valence-corrected chi connectivity index (χ4v) is 10.1. The van der Waals surface area contributed by atoms with Crippen molar-refractivity contribution in [2.45, 2.75) is 5.41 Å². The second kappa shape index (κ2) is 16.0. The summed E-state index contributed by atoms with van der Waals surface area (Å²) >= 11 is 0. The van der Waals surface area contributed by atoms with E-state index in [-0.39, 0.29) is 0 Å². The van der Waals surface area contributed by atoms with Crippen molar-refractivity contribution in [2.24, 2.45) is 4.99 Å². The second-order valence-electron chi connectivity index (χ2n) is 16.7. The molecule has 0 unspecified atom stereocenters. The zero-order chi connectivity index (χ0) is 43.2. The van der Waals surface area contributed by atoms with Crippen LogP contribution in [0.2, 0.25) is 0 Å². The number of nitrogens with zero attached hydrogens (tertiary/aromatic N) is 3. The molecule has 2 heterocycles. The van der Waals surface area contributed by atoms with Gasteiger partial charge in [-0.2, -0.15) is 0 Å². The van der Waals surface area contributed by atoms with E-state index in [0.717, 1.165) is 50.7 Å². The summed E-state index contributed by atoms with van der Waals surface area (Å²) in [6, 6.07) is 94.0. The Morgan fingerprint density at radius 1 is 0.338 bits per heavy atom. The summed E-state index contributed by atoms with van der Waals surface area (Å²) in [6.07, 6.45) is 0. The molecule has 0 amide bonds. The number of hydrogen-bond donors (Lipinski definition) is 0. The lowest BCUT2D eigenvalue weighted by atomic mass is 9.65. The number of rotatable bonds is 9. The predicted molar refractivity (Wildman–Crippen MR) is 272 cm³/mol. The second-order valence-corrected chi connectivity index (χ2v) is 16.7. The third-order valence-electron chi connectivity index (χ3n) is 13.1. The Morgan fingerprint density at radius 3 is 1.26 bits per heavy atom. The lowest BCUT2D eigenvalue weighted by molar-refractivity contribution is 0.851. The van der Waals surface area contributed by atoms with Crippen molar-refractivity contribution < 1.29 is 0 Å². The normalized spacial score (nSPS) is 12.8. The molecule has 0 fully saturated rings. The summed E-state index contributed by atoms with van der Waals surface area (Å²) in [6.45, 7) is 0. The van der Waals surface area contributed by atoms with E-state index in [4.69, 9.17) is 4.99 Å². The van der Waals surface area contributed by atoms with Gasteiger partial charge in [-0.3, -0.25) is 4.99 Å². The first-order valence-electron chi connectivity index (χ1n) is 22.3. The van der Waals surface area contributed by atoms with Gasteiger partial charge in [0.2, 0.25) is 0 Å². The van der Waals surface area contributed by atoms with Crippen LogP contribution < -0.4 is 4.90 Å². The summed E-state index contributed by atoms with van der Waals surface area (Å²) < 4.78 is 2.43. The molecular weight excluding hydrogens is 787 g/mol. The lowest BCUT2D eigenvalue weighted by Crippen LogP contribution is -2.36. The van der Waals surface area contributed by atoms with Gasteiger partial charge in [-0.05, 0) is 106 Å². The Labute approximate surface area is 379 Å². The first-order valence-corrected chi connectivity index (χ1v) is 22.3. The molecule has 0 spiro atoms. The summed E-state index contributed by atoms with van der Waals surface area (Å²) in [5.41, 5.74) is 17.4. The fourth-order valence-electron chi connectivity index (χ4n) is 10.1. The molecule has 0 bridgehead atoms. The average Bonchev–Trinajstić information content (AvgIpc) is 3.90. The number of benzene rings is 10. The molecule has 0 radical (unpaired) electrons. The quantitative estimate of drug-likeness (QED) is 0.142. The van der Waals surface area contributed by atoms with E-state index in [1.54, 1.807) is 0 Å². The Morgan fingerprint density at radius 2 is 0.754 bits per heavy atom. The van der Waals surface area contributed by atoms with Crippen molar-refractivity contribution >= 4 is 50.3 Å². The molecule has 65 heavy (non-hydrogen) atoms. The van der Waals surface area contributed by atoms with E-state index in [9.17, 15) is 0 Å². The van der Waals surface area contributed by atoms with Gasteiger partial charge in [-0.25, -0.2) is 0 Å². The maximum Gasteiger partial charge on any atom is 0.0901 e. The predicted octanol–water partition coefficient (Wildman–Crippen LogP) is 16.1. The maximum atomic E-state index is 5.60. The Kier molecular flexibility index (Phi) is 9.39. The van der Waals surface area contributed by atoms with E-state index in [1.165, 1.54) is 49.7 Å². The van der Waals surface area contributed by atoms with E-state index in [0.29, 0.717) is 0 Å². The summed E-state index contributed by atoms with van der Waals surface area (Å²) in [5.74, 6) is 0. The van der Waals surface area contributed by atoms with Gasteiger partial charge < -0.3 is 9.47 Å². The van der Waals surface area contributed by atoms with Gasteiger partial charge >= 0.3 is 0 Å². The highest BCUT2D eigenvalue weighted by Gasteiger charge is 2.47. The van der Waals surface area contributed by atoms with E-state index in [1.807, 2.05) is 0 Å². The van der Waals surface area contributed by atoms with Gasteiger partial charge in [0.1, 0.15) is 0 Å². The minimum Gasteiger partial charge on any atom is -0.311 e. The highest BCUT2D eigenvalue weighted by molar-refractivity contribution is 6.19. The fraction of sp³-hybridized carbons (Fsp3) is 0.0161. The van der Waals surface area contributed by atoms with Crippen molar-refractivity contribution in [3.63, 3.8) is 0 Å². The summed E-state index contributed by atoms with van der Waals surface area (Å²) in [7, 11) is 0. The summed E-state index contributed by atoms with van der Waals surface area (Å²) in [5, 5.41) is 2.37. The Bertz CT molecular complexity index is 3350. The molecule has 0 N–H and O–H groups in total. The Balaban J connectivity index is 1.02. The lowest BCUT2D eigenvalue weighted by Gasteiger charge is -2.34. The SMILES string of the molecule is c1ccc(C2=Nc3cc4c5ccccc5n(-c5ccc(N(c6ccc(-c7ccccc7)cc6)c6ccc(-c7ccccc7)cc6)cc5)c4cc3C2(c2ccccc2)c2ccccc2)cc1. The van der Waals surface area contributed by atoms with Gasteiger partial charge in [0.25, 0.3) is 0 Å². The smallest absolute Gasteiger partial charge is 0.0901 e. The molecule has 0 saturated carbocycles. The molecule has 12 rings (SSSR count). The average molecular weight is 830 g/mol. The van der Waals surface area contributed by atoms with Crippen molar-refractivity contribution in [3.05, 3.63) is 283 Å². The topological polar surface area (TPSA) is 20.5 Å². The van der Waals surface area contributed by atoms with E-state index < -0.39 is 5.41 Å². The summed E-state index contributed by atoms with van der Waals surface area (Å²) in [4.78, 5) is 7.95. The molecule has 306 valence electrons. The number of aromatic nitrogens is 1. The molecule has 1 aliphatic rings. The van der Waals surface area contributed by atoms with Crippen LogP contribution in [0.4, 0.5) is 22.7 Å². The van der Waals surface area contributed by atoms with Crippen LogP contribution in [0.3, 0.4) is 0 Å². The van der Waals surface area contributed by atoms with Crippen LogP contribution >= 0.6 is 0 Å². The van der Waals surface area contributed by atoms with Crippen LogP contribution in [0.5, 0.6) is 0 Å². The third-order valence-corrected chi connectivity index (χ3v) is 13.1. The van der Waals surface area contributed by atoms with Crippen molar-refractivity contribution in [1.29, 1.82) is 0 Å². The van der Waals surface area contributed by atoms with Gasteiger partial charge in [0.15, 0.2) is 0 Å². The first kappa shape index (κ1) is 38.2. The van der Waals surface area contributed by atoms with E-state index >= 15 is 0 Å². The number of hydrogen-bond acceptors (Lipinski definition) is 2. The molecular formula is C62H43N3. The largest absolute Gasteiger partial charge is 0.311 e. The number of para-hydroxylation sites is 1. The van der Waals surface area contributed by atoms with Crippen LogP contribution in [0.15, 0.2) is 266 Å². The molecule has 3 heteroatoms. The molecule has 0 atom stereocenters. The van der Waals surface area contributed by atoms with Gasteiger partial charge in [-0.15, -0.1) is 0 Å². The molecule has 10 aromatic carbocycles. The Hall–Kier alpha value is -8.53. The molecule has 0 aliphatic carbocycles. The van der Waals surface area contributed by atoms with Crippen LogP contribution in [0, 0.1) is 0 Å². The highest BCUT2D eigenvalue weighted by Crippen LogP contribution is 2.53. The number of aliphatic imine (C=N–C) groups is 1. The van der Waals surface area contributed by atoms with Gasteiger partial charge in [-0.1, -0.05) is 194 Å². The molecule has 3 nitrogen and oxygen atoms in total. The van der Waals surface area contributed by atoms with Crippen LogP contribution in [0.25, 0.3) is 49.7 Å². The van der Waals surface area contributed by atoms with Crippen LogP contribution in [0.1, 0.15) is 22.3 Å². The zero-order valence-electron chi connectivity index (χ0n) is 35.7. The van der Waals surface area contributed by atoms with E-state index in [2.05, 4.69) is 270 Å². The zero-order valence-corrected chi connectivity index (χ0v) is 35.7. The minimum absolute atomic E-state index is 0.648. The third kappa shape index (κ3) is 6.48. The van der Waals surface area contributed by atoms with Gasteiger partial charge in [0, 0.05) is 39.1 Å². The number of fused-ring (bicyclic) bond motifs is 4. The van der Waals surface area contributed by atoms with Crippen molar-refractivity contribution in [2.75, 3.05) is 4.90 Å². The molecule has 1 aliphatic heterocycles. The minimum atomic E-state index is -0.648.